The average Bonchev–Trinajstić information content (AvgIpc) is 3.50. The van der Waals surface area contributed by atoms with Gasteiger partial charge in [0.25, 0.3) is 11.8 Å². The Morgan fingerprint density at radius 2 is 1.76 bits per heavy atom. The average molecular weight is 564 g/mol. The van der Waals surface area contributed by atoms with Crippen LogP contribution in [0.3, 0.4) is 0 Å². The second-order valence-electron chi connectivity index (χ2n) is 11.0. The van der Waals surface area contributed by atoms with E-state index < -0.39 is 23.8 Å². The summed E-state index contributed by atoms with van der Waals surface area (Å²) in [7, 11) is 0. The van der Waals surface area contributed by atoms with Gasteiger partial charge in [0.05, 0.1) is 12.1 Å². The number of halogens is 2. The minimum atomic E-state index is -3.01. The fourth-order valence-electron chi connectivity index (χ4n) is 5.96. The van der Waals surface area contributed by atoms with Gasteiger partial charge in [-0.2, -0.15) is 0 Å². The number of carbonyl (C=O) groups is 2. The number of hydrogen-bond donors (Lipinski definition) is 4. The molecule has 0 aromatic heterocycles. The summed E-state index contributed by atoms with van der Waals surface area (Å²) in [5.41, 5.74) is 14.2. The monoisotopic (exact) mass is 563 g/mol. The van der Waals surface area contributed by atoms with Crippen LogP contribution in [0.15, 0.2) is 84.7 Å². The van der Waals surface area contributed by atoms with E-state index in [1.165, 1.54) is 18.4 Å². The van der Waals surface area contributed by atoms with Crippen molar-refractivity contribution >= 4 is 11.8 Å². The SMILES string of the molecule is C=C(N)/C(=C\C=C/N)C(=O)NC1CCN(CCCCC2(C(=O)NCC(C)(F)F)c3ccccc3-c3ccccc32)C1. The summed E-state index contributed by atoms with van der Waals surface area (Å²) in [6.45, 7) is 6.09. The van der Waals surface area contributed by atoms with Crippen LogP contribution in [0.25, 0.3) is 11.1 Å². The molecule has 0 saturated carbocycles. The number of nitrogens with one attached hydrogen (secondary N) is 2. The summed E-state index contributed by atoms with van der Waals surface area (Å²) in [6.07, 6.45) is 7.24. The zero-order valence-electron chi connectivity index (χ0n) is 23.5. The van der Waals surface area contributed by atoms with Crippen molar-refractivity contribution in [1.82, 2.24) is 15.5 Å². The minimum absolute atomic E-state index is 0.0199. The molecule has 1 aliphatic carbocycles. The molecule has 41 heavy (non-hydrogen) atoms. The number of fused-ring (bicyclic) bond motifs is 3. The molecule has 0 radical (unpaired) electrons. The van der Waals surface area contributed by atoms with E-state index in [1.807, 2.05) is 48.5 Å². The van der Waals surface area contributed by atoms with Crippen LogP contribution < -0.4 is 22.1 Å². The first-order valence-corrected chi connectivity index (χ1v) is 14.0. The lowest BCUT2D eigenvalue weighted by Crippen LogP contribution is -2.47. The number of unbranched alkanes of at least 4 members (excludes halogenated alkanes) is 1. The first kappa shape index (κ1) is 30.0. The zero-order chi connectivity index (χ0) is 29.6. The second kappa shape index (κ2) is 12.7. The standard InChI is InChI=1S/C32H39F2N5O2/c1-22(36)24(12-9-17-35)29(40)38-23-15-19-39(20-23)18-8-7-16-32(30(41)37-21-31(2,33)34)27-13-5-3-10-25(27)26-11-4-6-14-28(26)32/h3-6,9-14,17,23H,1,7-8,15-16,18-21,35-36H2,2H3,(H,37,41)(H,38,40)/b17-9-,24-12+. The number of likely N-dealkylation sites (tertiary alicyclic amines) is 1. The van der Waals surface area contributed by atoms with Crippen LogP contribution >= 0.6 is 0 Å². The molecule has 1 unspecified atom stereocenters. The lowest BCUT2D eigenvalue weighted by Gasteiger charge is -2.31. The molecule has 218 valence electrons. The Balaban J connectivity index is 1.42. The van der Waals surface area contributed by atoms with Crippen molar-refractivity contribution in [2.45, 2.75) is 50.0 Å². The van der Waals surface area contributed by atoms with Crippen molar-refractivity contribution in [3.63, 3.8) is 0 Å². The molecular weight excluding hydrogens is 524 g/mol. The number of nitrogens with two attached hydrogens (primary N) is 2. The number of nitrogens with zero attached hydrogens (tertiary/aromatic N) is 1. The fourth-order valence-corrected chi connectivity index (χ4v) is 5.96. The predicted molar refractivity (Wildman–Crippen MR) is 158 cm³/mol. The summed E-state index contributed by atoms with van der Waals surface area (Å²) < 4.78 is 27.5. The van der Waals surface area contributed by atoms with E-state index in [2.05, 4.69) is 22.1 Å². The van der Waals surface area contributed by atoms with Crippen molar-refractivity contribution in [1.29, 1.82) is 0 Å². The van der Waals surface area contributed by atoms with Crippen LogP contribution in [0.2, 0.25) is 0 Å². The lowest BCUT2D eigenvalue weighted by molar-refractivity contribution is -0.127. The number of rotatable bonds is 12. The van der Waals surface area contributed by atoms with Crippen molar-refractivity contribution in [2.24, 2.45) is 11.5 Å². The van der Waals surface area contributed by atoms with E-state index in [-0.39, 0.29) is 23.2 Å². The van der Waals surface area contributed by atoms with Gasteiger partial charge in [0.15, 0.2) is 0 Å². The van der Waals surface area contributed by atoms with Crippen LogP contribution in [0, 0.1) is 0 Å². The molecule has 6 N–H and O–H groups in total. The molecule has 7 nitrogen and oxygen atoms in total. The topological polar surface area (TPSA) is 113 Å². The fraction of sp³-hybridized carbons (Fsp3) is 0.375. The van der Waals surface area contributed by atoms with Gasteiger partial charge in [-0.05, 0) is 66.4 Å². The zero-order valence-corrected chi connectivity index (χ0v) is 23.5. The summed E-state index contributed by atoms with van der Waals surface area (Å²) in [4.78, 5) is 28.7. The van der Waals surface area contributed by atoms with Gasteiger partial charge in [0.1, 0.15) is 5.41 Å². The Labute approximate surface area is 240 Å². The van der Waals surface area contributed by atoms with Crippen LogP contribution in [0.1, 0.15) is 43.7 Å². The van der Waals surface area contributed by atoms with Crippen molar-refractivity contribution in [2.75, 3.05) is 26.2 Å². The molecular formula is C32H39F2N5O2. The Bertz CT molecular complexity index is 1300. The van der Waals surface area contributed by atoms with Crippen molar-refractivity contribution in [3.05, 3.63) is 95.9 Å². The maximum Gasteiger partial charge on any atom is 0.262 e. The van der Waals surface area contributed by atoms with Crippen LogP contribution in [-0.2, 0) is 15.0 Å². The predicted octanol–water partition coefficient (Wildman–Crippen LogP) is 3.96. The van der Waals surface area contributed by atoms with Crippen LogP contribution in [0.4, 0.5) is 8.78 Å². The number of benzene rings is 2. The minimum Gasteiger partial charge on any atom is -0.405 e. The number of carbonyl (C=O) groups excluding carboxylic acids is 2. The third-order valence-corrected chi connectivity index (χ3v) is 7.86. The molecule has 1 saturated heterocycles. The molecule has 1 fully saturated rings. The molecule has 2 aromatic carbocycles. The smallest absolute Gasteiger partial charge is 0.262 e. The largest absolute Gasteiger partial charge is 0.405 e. The third-order valence-electron chi connectivity index (χ3n) is 7.86. The molecule has 2 aromatic rings. The van der Waals surface area contributed by atoms with E-state index >= 15 is 0 Å². The van der Waals surface area contributed by atoms with Gasteiger partial charge in [-0.25, -0.2) is 8.78 Å². The van der Waals surface area contributed by atoms with Crippen molar-refractivity contribution in [3.8, 4) is 11.1 Å². The highest BCUT2D eigenvalue weighted by Gasteiger charge is 2.48. The number of allylic oxidation sites excluding steroid dienone is 2. The summed E-state index contributed by atoms with van der Waals surface area (Å²) in [5.74, 6) is -3.69. The molecule has 1 aliphatic heterocycles. The van der Waals surface area contributed by atoms with E-state index in [1.54, 1.807) is 0 Å². The van der Waals surface area contributed by atoms with Gasteiger partial charge in [-0.15, -0.1) is 0 Å². The van der Waals surface area contributed by atoms with Crippen LogP contribution in [-0.4, -0.2) is 54.9 Å². The molecule has 0 bridgehead atoms. The molecule has 2 amide bonds. The molecule has 2 aliphatic rings. The summed E-state index contributed by atoms with van der Waals surface area (Å²) >= 11 is 0. The third kappa shape index (κ3) is 6.68. The quantitative estimate of drug-likeness (QED) is 0.177. The maximum absolute atomic E-state index is 13.8. The van der Waals surface area contributed by atoms with Crippen molar-refractivity contribution < 1.29 is 18.4 Å². The van der Waals surface area contributed by atoms with Gasteiger partial charge in [0, 0.05) is 31.8 Å². The number of amides is 2. The first-order valence-electron chi connectivity index (χ1n) is 14.0. The van der Waals surface area contributed by atoms with Gasteiger partial charge >= 0.3 is 0 Å². The maximum atomic E-state index is 13.8. The highest BCUT2D eigenvalue weighted by Crippen LogP contribution is 2.51. The summed E-state index contributed by atoms with van der Waals surface area (Å²) in [6, 6.07) is 15.5. The number of hydrogen-bond acceptors (Lipinski definition) is 5. The van der Waals surface area contributed by atoms with E-state index in [9.17, 15) is 18.4 Å². The molecule has 9 heteroatoms. The van der Waals surface area contributed by atoms with E-state index in [0.717, 1.165) is 61.5 Å². The first-order chi connectivity index (χ1) is 19.6. The lowest BCUT2D eigenvalue weighted by atomic mass is 9.73. The van der Waals surface area contributed by atoms with Gasteiger partial charge in [0.2, 0.25) is 5.91 Å². The summed E-state index contributed by atoms with van der Waals surface area (Å²) in [5, 5.41) is 5.58. The van der Waals surface area contributed by atoms with Gasteiger partial charge in [-0.1, -0.05) is 61.5 Å². The van der Waals surface area contributed by atoms with E-state index in [0.29, 0.717) is 13.0 Å². The van der Waals surface area contributed by atoms with Gasteiger partial charge < -0.3 is 27.0 Å². The van der Waals surface area contributed by atoms with Crippen LogP contribution in [0.5, 0.6) is 0 Å². The Hall–Kier alpha value is -3.98. The molecule has 4 rings (SSSR count). The molecule has 1 heterocycles. The Morgan fingerprint density at radius 3 is 2.34 bits per heavy atom. The Kier molecular flexibility index (Phi) is 9.28. The van der Waals surface area contributed by atoms with E-state index in [4.69, 9.17) is 11.5 Å². The normalized spacial score (nSPS) is 18.2. The molecule has 0 spiro atoms. The van der Waals surface area contributed by atoms with Gasteiger partial charge in [-0.3, -0.25) is 9.59 Å². The highest BCUT2D eigenvalue weighted by molar-refractivity contribution is 6.00. The molecule has 1 atom stereocenters. The second-order valence-corrected chi connectivity index (χ2v) is 11.0. The number of alkyl halides is 2. The Morgan fingerprint density at radius 1 is 1.12 bits per heavy atom. The highest BCUT2D eigenvalue weighted by atomic mass is 19.3.